The summed E-state index contributed by atoms with van der Waals surface area (Å²) < 4.78 is 5.19. The van der Waals surface area contributed by atoms with E-state index in [1.54, 1.807) is 7.11 Å². The monoisotopic (exact) mass is 303 g/mol. The SMILES string of the molecule is COc1cccc(CCN2C(=O)NC3(CCNCC3)C2=O)c1. The third-order valence-electron chi connectivity index (χ3n) is 4.46. The van der Waals surface area contributed by atoms with E-state index in [4.69, 9.17) is 4.74 Å². The molecule has 1 aromatic carbocycles. The molecule has 3 amide bonds. The molecule has 6 nitrogen and oxygen atoms in total. The lowest BCUT2D eigenvalue weighted by atomic mass is 9.88. The first kappa shape index (κ1) is 14.8. The third-order valence-corrected chi connectivity index (χ3v) is 4.46. The van der Waals surface area contributed by atoms with Gasteiger partial charge in [-0.3, -0.25) is 9.69 Å². The number of amides is 3. The number of rotatable bonds is 4. The van der Waals surface area contributed by atoms with Crippen molar-refractivity contribution in [2.75, 3.05) is 26.7 Å². The van der Waals surface area contributed by atoms with E-state index in [1.165, 1.54) is 4.90 Å². The summed E-state index contributed by atoms with van der Waals surface area (Å²) in [5.41, 5.74) is 0.364. The molecule has 0 atom stereocenters. The number of hydrogen-bond acceptors (Lipinski definition) is 4. The van der Waals surface area contributed by atoms with E-state index in [1.807, 2.05) is 24.3 Å². The first-order chi connectivity index (χ1) is 10.6. The van der Waals surface area contributed by atoms with Crippen molar-refractivity contribution < 1.29 is 14.3 Å². The van der Waals surface area contributed by atoms with Crippen molar-refractivity contribution in [2.24, 2.45) is 0 Å². The Labute approximate surface area is 129 Å². The zero-order chi connectivity index (χ0) is 15.6. The van der Waals surface area contributed by atoms with E-state index >= 15 is 0 Å². The van der Waals surface area contributed by atoms with Crippen molar-refractivity contribution in [3.63, 3.8) is 0 Å². The first-order valence-electron chi connectivity index (χ1n) is 7.62. The van der Waals surface area contributed by atoms with E-state index in [9.17, 15) is 9.59 Å². The molecule has 0 radical (unpaired) electrons. The van der Waals surface area contributed by atoms with Crippen LogP contribution in [0.3, 0.4) is 0 Å². The number of nitrogens with zero attached hydrogens (tertiary/aromatic N) is 1. The Morgan fingerprint density at radius 3 is 2.77 bits per heavy atom. The third kappa shape index (κ3) is 2.66. The zero-order valence-electron chi connectivity index (χ0n) is 12.7. The summed E-state index contributed by atoms with van der Waals surface area (Å²) >= 11 is 0. The predicted molar refractivity (Wildman–Crippen MR) is 81.8 cm³/mol. The molecule has 3 rings (SSSR count). The summed E-state index contributed by atoms with van der Waals surface area (Å²) in [6.07, 6.45) is 1.95. The lowest BCUT2D eigenvalue weighted by Crippen LogP contribution is -2.53. The predicted octanol–water partition coefficient (Wildman–Crippen LogP) is 0.912. The minimum absolute atomic E-state index is 0.0816. The maximum atomic E-state index is 12.6. The molecule has 1 spiro atoms. The first-order valence-corrected chi connectivity index (χ1v) is 7.62. The molecular formula is C16H21N3O3. The molecule has 22 heavy (non-hydrogen) atoms. The molecule has 2 N–H and O–H groups in total. The second-order valence-corrected chi connectivity index (χ2v) is 5.82. The number of methoxy groups -OCH3 is 1. The maximum Gasteiger partial charge on any atom is 0.325 e. The van der Waals surface area contributed by atoms with Crippen molar-refractivity contribution in [2.45, 2.75) is 24.8 Å². The highest BCUT2D eigenvalue weighted by molar-refractivity contribution is 6.07. The van der Waals surface area contributed by atoms with Crippen LogP contribution in [0.25, 0.3) is 0 Å². The molecule has 0 unspecified atom stereocenters. The zero-order valence-corrected chi connectivity index (χ0v) is 12.7. The van der Waals surface area contributed by atoms with E-state index in [0.717, 1.165) is 24.4 Å². The van der Waals surface area contributed by atoms with E-state index in [2.05, 4.69) is 10.6 Å². The fraction of sp³-hybridized carbons (Fsp3) is 0.500. The van der Waals surface area contributed by atoms with Crippen molar-refractivity contribution in [1.82, 2.24) is 15.5 Å². The highest BCUT2D eigenvalue weighted by Gasteiger charge is 2.50. The second kappa shape index (κ2) is 5.96. The van der Waals surface area contributed by atoms with Crippen LogP contribution in [0.2, 0.25) is 0 Å². The van der Waals surface area contributed by atoms with Gasteiger partial charge in [0.25, 0.3) is 5.91 Å². The van der Waals surface area contributed by atoms with Crippen molar-refractivity contribution in [3.8, 4) is 5.75 Å². The van der Waals surface area contributed by atoms with Crippen LogP contribution in [-0.4, -0.2) is 49.1 Å². The Kier molecular flexibility index (Phi) is 4.02. The smallest absolute Gasteiger partial charge is 0.325 e. The Hall–Kier alpha value is -2.08. The van der Waals surface area contributed by atoms with Gasteiger partial charge in [-0.15, -0.1) is 0 Å². The van der Waals surface area contributed by atoms with E-state index < -0.39 is 5.54 Å². The fourth-order valence-corrected chi connectivity index (χ4v) is 3.14. The van der Waals surface area contributed by atoms with Crippen LogP contribution in [0, 0.1) is 0 Å². The number of carbonyl (C=O) groups excluding carboxylic acids is 2. The summed E-state index contributed by atoms with van der Waals surface area (Å²) in [5.74, 6) is 0.700. The summed E-state index contributed by atoms with van der Waals surface area (Å²) in [4.78, 5) is 26.1. The van der Waals surface area contributed by atoms with Gasteiger partial charge in [0, 0.05) is 6.54 Å². The van der Waals surface area contributed by atoms with Gasteiger partial charge in [0.1, 0.15) is 11.3 Å². The summed E-state index contributed by atoms with van der Waals surface area (Å²) in [7, 11) is 1.62. The van der Waals surface area contributed by atoms with Gasteiger partial charge in [-0.05, 0) is 50.0 Å². The normalized spacial score (nSPS) is 20.3. The van der Waals surface area contributed by atoms with Crippen molar-refractivity contribution in [3.05, 3.63) is 29.8 Å². The Bertz CT molecular complexity index is 582. The average Bonchev–Trinajstić information content (AvgIpc) is 2.77. The Morgan fingerprint density at radius 2 is 2.05 bits per heavy atom. The van der Waals surface area contributed by atoms with Crippen LogP contribution in [0.1, 0.15) is 18.4 Å². The number of ether oxygens (including phenoxy) is 1. The molecular weight excluding hydrogens is 282 g/mol. The van der Waals surface area contributed by atoms with Crippen LogP contribution < -0.4 is 15.4 Å². The molecule has 2 fully saturated rings. The lowest BCUT2D eigenvalue weighted by Gasteiger charge is -2.31. The molecule has 118 valence electrons. The van der Waals surface area contributed by atoms with Gasteiger partial charge in [0.15, 0.2) is 0 Å². The van der Waals surface area contributed by atoms with Crippen LogP contribution in [0.15, 0.2) is 24.3 Å². The van der Waals surface area contributed by atoms with Crippen LogP contribution in [0.5, 0.6) is 5.75 Å². The van der Waals surface area contributed by atoms with Crippen LogP contribution >= 0.6 is 0 Å². The van der Waals surface area contributed by atoms with Gasteiger partial charge in [-0.25, -0.2) is 4.79 Å². The van der Waals surface area contributed by atoms with Gasteiger partial charge >= 0.3 is 6.03 Å². The molecule has 2 aliphatic rings. The highest BCUT2D eigenvalue weighted by atomic mass is 16.5. The van der Waals surface area contributed by atoms with Gasteiger partial charge in [-0.1, -0.05) is 12.1 Å². The fourth-order valence-electron chi connectivity index (χ4n) is 3.14. The molecule has 6 heteroatoms. The number of imide groups is 1. The van der Waals surface area contributed by atoms with Crippen molar-refractivity contribution >= 4 is 11.9 Å². The number of hydrogen-bond donors (Lipinski definition) is 2. The minimum Gasteiger partial charge on any atom is -0.497 e. The molecule has 1 aromatic rings. The standard InChI is InChI=1S/C16H21N3O3/c1-22-13-4-2-3-12(11-13)5-10-19-14(20)16(18-15(19)21)6-8-17-9-7-16/h2-4,11,17H,5-10H2,1H3,(H,18,21). The average molecular weight is 303 g/mol. The molecule has 0 aliphatic carbocycles. The molecule has 2 heterocycles. The second-order valence-electron chi connectivity index (χ2n) is 5.82. The topological polar surface area (TPSA) is 70.7 Å². The van der Waals surface area contributed by atoms with Crippen LogP contribution in [-0.2, 0) is 11.2 Å². The van der Waals surface area contributed by atoms with Gasteiger partial charge in [0.05, 0.1) is 7.11 Å². The van der Waals surface area contributed by atoms with Gasteiger partial charge < -0.3 is 15.4 Å². The number of nitrogens with one attached hydrogen (secondary N) is 2. The molecule has 0 aromatic heterocycles. The number of piperidine rings is 1. The number of benzene rings is 1. The Morgan fingerprint density at radius 1 is 1.27 bits per heavy atom. The summed E-state index contributed by atoms with van der Waals surface area (Å²) in [5, 5.41) is 6.12. The lowest BCUT2D eigenvalue weighted by molar-refractivity contribution is -0.132. The van der Waals surface area contributed by atoms with Crippen LogP contribution in [0.4, 0.5) is 4.79 Å². The Balaban J connectivity index is 1.67. The summed E-state index contributed by atoms with van der Waals surface area (Å²) in [6, 6.07) is 7.42. The largest absolute Gasteiger partial charge is 0.497 e. The van der Waals surface area contributed by atoms with Gasteiger partial charge in [0.2, 0.25) is 0 Å². The molecule has 2 aliphatic heterocycles. The van der Waals surface area contributed by atoms with Gasteiger partial charge in [-0.2, -0.15) is 0 Å². The summed E-state index contributed by atoms with van der Waals surface area (Å²) in [6.45, 7) is 1.92. The molecule has 0 saturated carbocycles. The molecule has 0 bridgehead atoms. The number of carbonyl (C=O) groups is 2. The minimum atomic E-state index is -0.684. The highest BCUT2D eigenvalue weighted by Crippen LogP contribution is 2.27. The number of urea groups is 1. The maximum absolute atomic E-state index is 12.6. The molecule has 2 saturated heterocycles. The van der Waals surface area contributed by atoms with Crippen molar-refractivity contribution in [1.29, 1.82) is 0 Å². The van der Waals surface area contributed by atoms with E-state index in [-0.39, 0.29) is 11.9 Å². The quantitative estimate of drug-likeness (QED) is 0.811. The van der Waals surface area contributed by atoms with E-state index in [0.29, 0.717) is 25.8 Å².